The van der Waals surface area contributed by atoms with Gasteiger partial charge in [0.15, 0.2) is 0 Å². The van der Waals surface area contributed by atoms with Crippen LogP contribution in [-0.2, 0) is 6.42 Å². The highest BCUT2D eigenvalue weighted by Crippen LogP contribution is 2.19. The molecule has 1 nitrogen and oxygen atoms in total. The minimum atomic E-state index is -0.433. The molecule has 0 aliphatic rings. The molecule has 1 unspecified atom stereocenters. The predicted octanol–water partition coefficient (Wildman–Crippen LogP) is 3.14. The Morgan fingerprint density at radius 3 is 2.38 bits per heavy atom. The van der Waals surface area contributed by atoms with Crippen LogP contribution in [0.4, 0.5) is 8.78 Å². The molecule has 0 spiro atoms. The summed E-state index contributed by atoms with van der Waals surface area (Å²) in [6, 6.07) is 4.04. The average molecular weight is 227 g/mol. The summed E-state index contributed by atoms with van der Waals surface area (Å²) in [5, 5.41) is 3.07. The van der Waals surface area contributed by atoms with E-state index in [0.29, 0.717) is 12.3 Å². The molecule has 0 aromatic heterocycles. The van der Waals surface area contributed by atoms with Crippen molar-refractivity contribution in [1.82, 2.24) is 5.32 Å². The minimum absolute atomic E-state index is 0.219. The summed E-state index contributed by atoms with van der Waals surface area (Å²) >= 11 is 0. The Labute approximate surface area is 95.9 Å². The first-order chi connectivity index (χ1) is 7.69. The predicted molar refractivity (Wildman–Crippen MR) is 62.4 cm³/mol. The molecule has 0 aliphatic carbocycles. The van der Waals surface area contributed by atoms with Crippen molar-refractivity contribution in [3.8, 4) is 0 Å². The lowest BCUT2D eigenvalue weighted by Gasteiger charge is -2.16. The Bertz CT molecular complexity index is 299. The first-order valence-corrected chi connectivity index (χ1v) is 5.76. The van der Waals surface area contributed by atoms with E-state index in [1.807, 2.05) is 7.05 Å². The Balaban J connectivity index is 2.76. The number of hydrogen-bond acceptors (Lipinski definition) is 1. The van der Waals surface area contributed by atoms with Crippen molar-refractivity contribution in [2.24, 2.45) is 5.92 Å². The van der Waals surface area contributed by atoms with E-state index < -0.39 is 11.6 Å². The van der Waals surface area contributed by atoms with Crippen LogP contribution in [0.3, 0.4) is 0 Å². The van der Waals surface area contributed by atoms with Crippen LogP contribution < -0.4 is 5.32 Å². The second-order valence-corrected chi connectivity index (χ2v) is 4.12. The average Bonchev–Trinajstić information content (AvgIpc) is 2.24. The number of halogens is 2. The van der Waals surface area contributed by atoms with Crippen LogP contribution in [0.1, 0.15) is 25.3 Å². The highest BCUT2D eigenvalue weighted by molar-refractivity contribution is 5.20. The van der Waals surface area contributed by atoms with E-state index in [2.05, 4.69) is 12.2 Å². The number of benzene rings is 1. The zero-order valence-electron chi connectivity index (χ0n) is 9.89. The van der Waals surface area contributed by atoms with Crippen LogP contribution in [0.15, 0.2) is 18.2 Å². The molecule has 0 bridgehead atoms. The molecular weight excluding hydrogens is 208 g/mol. The van der Waals surface area contributed by atoms with Gasteiger partial charge < -0.3 is 5.32 Å². The van der Waals surface area contributed by atoms with Crippen molar-refractivity contribution < 1.29 is 8.78 Å². The van der Waals surface area contributed by atoms with Gasteiger partial charge in [0.05, 0.1) is 0 Å². The summed E-state index contributed by atoms with van der Waals surface area (Å²) < 4.78 is 26.9. The quantitative estimate of drug-likeness (QED) is 0.787. The summed E-state index contributed by atoms with van der Waals surface area (Å²) in [6.45, 7) is 2.88. The standard InChI is InChI=1S/C13H19F2N/c1-3-5-10(9-16-2)8-11-12(14)6-4-7-13(11)15/h4,6-7,10,16H,3,5,8-9H2,1-2H3. The van der Waals surface area contributed by atoms with Gasteiger partial charge in [-0.3, -0.25) is 0 Å². The minimum Gasteiger partial charge on any atom is -0.319 e. The van der Waals surface area contributed by atoms with Gasteiger partial charge in [-0.05, 0) is 44.5 Å². The second kappa shape index (κ2) is 6.59. The molecule has 1 aromatic carbocycles. The van der Waals surface area contributed by atoms with Crippen LogP contribution in [-0.4, -0.2) is 13.6 Å². The van der Waals surface area contributed by atoms with Crippen LogP contribution in [0, 0.1) is 17.6 Å². The van der Waals surface area contributed by atoms with Gasteiger partial charge in [-0.25, -0.2) is 8.78 Å². The molecule has 0 fully saturated rings. The summed E-state index contributed by atoms with van der Waals surface area (Å²) in [4.78, 5) is 0. The van der Waals surface area contributed by atoms with Crippen LogP contribution in [0.25, 0.3) is 0 Å². The number of rotatable bonds is 6. The van der Waals surface area contributed by atoms with Crippen molar-refractivity contribution in [2.45, 2.75) is 26.2 Å². The van der Waals surface area contributed by atoms with E-state index in [0.717, 1.165) is 19.4 Å². The van der Waals surface area contributed by atoms with Crippen LogP contribution in [0.5, 0.6) is 0 Å². The zero-order valence-corrected chi connectivity index (χ0v) is 9.89. The van der Waals surface area contributed by atoms with Crippen molar-refractivity contribution in [1.29, 1.82) is 0 Å². The third-order valence-electron chi connectivity index (χ3n) is 2.74. The maximum absolute atomic E-state index is 13.4. The van der Waals surface area contributed by atoms with Crippen molar-refractivity contribution >= 4 is 0 Å². The second-order valence-electron chi connectivity index (χ2n) is 4.12. The third-order valence-corrected chi connectivity index (χ3v) is 2.74. The van der Waals surface area contributed by atoms with E-state index in [4.69, 9.17) is 0 Å². The van der Waals surface area contributed by atoms with Crippen molar-refractivity contribution in [2.75, 3.05) is 13.6 Å². The first kappa shape index (κ1) is 13.1. The SMILES string of the molecule is CCCC(CNC)Cc1c(F)cccc1F. The van der Waals surface area contributed by atoms with Gasteiger partial charge in [0, 0.05) is 5.56 Å². The van der Waals surface area contributed by atoms with Gasteiger partial charge in [0.2, 0.25) is 0 Å². The Hall–Kier alpha value is -0.960. The third kappa shape index (κ3) is 3.56. The topological polar surface area (TPSA) is 12.0 Å². The lowest BCUT2D eigenvalue weighted by Crippen LogP contribution is -2.21. The van der Waals surface area contributed by atoms with Crippen LogP contribution in [0.2, 0.25) is 0 Å². The van der Waals surface area contributed by atoms with E-state index in [9.17, 15) is 8.78 Å². The Morgan fingerprint density at radius 2 is 1.88 bits per heavy atom. The fourth-order valence-corrected chi connectivity index (χ4v) is 1.99. The lowest BCUT2D eigenvalue weighted by molar-refractivity contribution is 0.434. The van der Waals surface area contributed by atoms with Gasteiger partial charge >= 0.3 is 0 Å². The van der Waals surface area contributed by atoms with E-state index in [-0.39, 0.29) is 5.56 Å². The fourth-order valence-electron chi connectivity index (χ4n) is 1.99. The number of hydrogen-bond donors (Lipinski definition) is 1. The van der Waals surface area contributed by atoms with E-state index in [1.54, 1.807) is 0 Å². The highest BCUT2D eigenvalue weighted by atomic mass is 19.1. The van der Waals surface area contributed by atoms with Gasteiger partial charge in [-0.2, -0.15) is 0 Å². The number of nitrogens with one attached hydrogen (secondary N) is 1. The fraction of sp³-hybridized carbons (Fsp3) is 0.538. The molecule has 1 N–H and O–H groups in total. The van der Waals surface area contributed by atoms with Gasteiger partial charge in [-0.1, -0.05) is 19.4 Å². The monoisotopic (exact) mass is 227 g/mol. The maximum Gasteiger partial charge on any atom is 0.129 e. The normalized spacial score (nSPS) is 12.8. The largest absolute Gasteiger partial charge is 0.319 e. The molecule has 1 rings (SSSR count). The first-order valence-electron chi connectivity index (χ1n) is 5.76. The molecule has 0 radical (unpaired) electrons. The van der Waals surface area contributed by atoms with Crippen molar-refractivity contribution in [3.63, 3.8) is 0 Å². The maximum atomic E-state index is 13.4. The molecule has 0 amide bonds. The Morgan fingerprint density at radius 1 is 1.25 bits per heavy atom. The molecule has 3 heteroatoms. The van der Waals surface area contributed by atoms with Crippen molar-refractivity contribution in [3.05, 3.63) is 35.4 Å². The molecule has 0 saturated carbocycles. The molecule has 1 atom stereocenters. The van der Waals surface area contributed by atoms with E-state index >= 15 is 0 Å². The smallest absolute Gasteiger partial charge is 0.129 e. The lowest BCUT2D eigenvalue weighted by atomic mass is 9.94. The molecule has 1 aromatic rings. The van der Waals surface area contributed by atoms with Gasteiger partial charge in [-0.15, -0.1) is 0 Å². The van der Waals surface area contributed by atoms with Gasteiger partial charge in [0.1, 0.15) is 11.6 Å². The molecule has 0 saturated heterocycles. The molecular formula is C13H19F2N. The van der Waals surface area contributed by atoms with Gasteiger partial charge in [0.25, 0.3) is 0 Å². The molecule has 90 valence electrons. The summed E-state index contributed by atoms with van der Waals surface area (Å²) in [5.74, 6) is -0.573. The zero-order chi connectivity index (χ0) is 12.0. The summed E-state index contributed by atoms with van der Waals surface area (Å²) in [7, 11) is 1.86. The van der Waals surface area contributed by atoms with Crippen LogP contribution >= 0.6 is 0 Å². The highest BCUT2D eigenvalue weighted by Gasteiger charge is 2.14. The molecule has 0 aliphatic heterocycles. The Kier molecular flexibility index (Phi) is 5.39. The summed E-state index contributed by atoms with van der Waals surface area (Å²) in [5.41, 5.74) is 0.219. The molecule has 16 heavy (non-hydrogen) atoms. The van der Waals surface area contributed by atoms with E-state index in [1.165, 1.54) is 18.2 Å². The summed E-state index contributed by atoms with van der Waals surface area (Å²) in [6.07, 6.45) is 2.48. The molecule has 0 heterocycles.